The summed E-state index contributed by atoms with van der Waals surface area (Å²) in [5.74, 6) is 0.105. The van der Waals surface area contributed by atoms with Crippen molar-refractivity contribution in [1.29, 1.82) is 0 Å². The van der Waals surface area contributed by atoms with Crippen LogP contribution in [0, 0.1) is 0 Å². The minimum Gasteiger partial charge on any atom is -0.352 e. The minimum atomic E-state index is 0.105. The summed E-state index contributed by atoms with van der Waals surface area (Å²) in [4.78, 5) is 15.7. The van der Waals surface area contributed by atoms with E-state index in [0.29, 0.717) is 6.42 Å². The van der Waals surface area contributed by atoms with E-state index in [0.717, 1.165) is 13.0 Å². The van der Waals surface area contributed by atoms with Gasteiger partial charge < -0.3 is 9.88 Å². The van der Waals surface area contributed by atoms with Crippen molar-refractivity contribution in [3.05, 3.63) is 41.1 Å². The zero-order chi connectivity index (χ0) is 12.8. The van der Waals surface area contributed by atoms with E-state index in [9.17, 15) is 4.79 Å². The lowest BCUT2D eigenvalue weighted by Gasteiger charge is -2.14. The number of hydrogen-bond donors (Lipinski definition) is 1. The van der Waals surface area contributed by atoms with Crippen molar-refractivity contribution in [2.45, 2.75) is 32.4 Å². The van der Waals surface area contributed by atoms with Gasteiger partial charge in [-0.2, -0.15) is 11.3 Å². The molecule has 1 amide bonds. The van der Waals surface area contributed by atoms with Gasteiger partial charge in [0.05, 0.1) is 6.33 Å². The number of carbonyl (C=O) groups is 1. The molecule has 5 heteroatoms. The van der Waals surface area contributed by atoms with Crippen molar-refractivity contribution in [2.24, 2.45) is 0 Å². The Morgan fingerprint density at radius 3 is 3.17 bits per heavy atom. The van der Waals surface area contributed by atoms with Crippen LogP contribution in [0.25, 0.3) is 0 Å². The quantitative estimate of drug-likeness (QED) is 0.867. The van der Waals surface area contributed by atoms with Crippen molar-refractivity contribution >= 4 is 17.2 Å². The Morgan fingerprint density at radius 1 is 1.61 bits per heavy atom. The lowest BCUT2D eigenvalue weighted by Crippen LogP contribution is -2.35. The van der Waals surface area contributed by atoms with Gasteiger partial charge in [0.25, 0.3) is 0 Å². The Labute approximate surface area is 111 Å². The van der Waals surface area contributed by atoms with Gasteiger partial charge in [-0.25, -0.2) is 4.98 Å². The molecule has 2 rings (SSSR count). The van der Waals surface area contributed by atoms with Crippen molar-refractivity contribution < 1.29 is 4.79 Å². The normalized spacial score (nSPS) is 12.3. The standard InChI is InChI=1S/C13H17N3OS/c1-11(8-16-6-5-14-10-16)15-13(17)3-2-12-4-7-18-9-12/h4-7,9-11H,2-3,8H2,1H3,(H,15,17)/t11-/m0/s1. The topological polar surface area (TPSA) is 46.9 Å². The fraction of sp³-hybridized carbons (Fsp3) is 0.385. The summed E-state index contributed by atoms with van der Waals surface area (Å²) in [6.45, 7) is 2.76. The van der Waals surface area contributed by atoms with E-state index in [4.69, 9.17) is 0 Å². The summed E-state index contributed by atoms with van der Waals surface area (Å²) in [6, 6.07) is 2.18. The molecule has 0 aliphatic heterocycles. The second-order valence-corrected chi connectivity index (χ2v) is 5.14. The van der Waals surface area contributed by atoms with Crippen LogP contribution in [0.15, 0.2) is 35.5 Å². The summed E-state index contributed by atoms with van der Waals surface area (Å²) in [5, 5.41) is 7.12. The number of nitrogens with zero attached hydrogens (tertiary/aromatic N) is 2. The summed E-state index contributed by atoms with van der Waals surface area (Å²) < 4.78 is 1.96. The molecule has 0 fully saturated rings. The van der Waals surface area contributed by atoms with E-state index >= 15 is 0 Å². The predicted octanol–water partition coefficient (Wildman–Crippen LogP) is 2.08. The smallest absolute Gasteiger partial charge is 0.220 e. The molecule has 0 aliphatic carbocycles. The summed E-state index contributed by atoms with van der Waals surface area (Å²) in [6.07, 6.45) is 6.76. The van der Waals surface area contributed by atoms with Gasteiger partial charge >= 0.3 is 0 Å². The Bertz CT molecular complexity index is 464. The average Bonchev–Trinajstić information content (AvgIpc) is 2.98. The van der Waals surface area contributed by atoms with Crippen LogP contribution in [0.1, 0.15) is 18.9 Å². The molecule has 0 saturated heterocycles. The molecule has 2 aromatic rings. The number of imidazole rings is 1. The number of carbonyl (C=O) groups excluding carboxylic acids is 1. The first-order valence-corrected chi connectivity index (χ1v) is 6.94. The molecular formula is C13H17N3OS. The molecule has 0 aromatic carbocycles. The first-order chi connectivity index (χ1) is 8.74. The van der Waals surface area contributed by atoms with Crippen LogP contribution in [0.2, 0.25) is 0 Å². The van der Waals surface area contributed by atoms with Crippen molar-refractivity contribution in [2.75, 3.05) is 0 Å². The summed E-state index contributed by atoms with van der Waals surface area (Å²) >= 11 is 1.67. The van der Waals surface area contributed by atoms with Crippen LogP contribution in [0.5, 0.6) is 0 Å². The molecule has 0 spiro atoms. The molecule has 0 aliphatic rings. The Hall–Kier alpha value is -1.62. The minimum absolute atomic E-state index is 0.105. The van der Waals surface area contributed by atoms with Crippen LogP contribution in [0.4, 0.5) is 0 Å². The number of hydrogen-bond acceptors (Lipinski definition) is 3. The first kappa shape index (κ1) is 12.8. The van der Waals surface area contributed by atoms with Gasteiger partial charge in [0.2, 0.25) is 5.91 Å². The number of amides is 1. The van der Waals surface area contributed by atoms with Gasteiger partial charge in [0.1, 0.15) is 0 Å². The van der Waals surface area contributed by atoms with Crippen LogP contribution in [-0.4, -0.2) is 21.5 Å². The van der Waals surface area contributed by atoms with Crippen LogP contribution < -0.4 is 5.32 Å². The molecule has 96 valence electrons. The summed E-state index contributed by atoms with van der Waals surface area (Å²) in [7, 11) is 0. The number of aryl methyl sites for hydroxylation is 1. The molecule has 0 unspecified atom stereocenters. The fourth-order valence-corrected chi connectivity index (χ4v) is 2.50. The Balaban J connectivity index is 1.70. The highest BCUT2D eigenvalue weighted by atomic mass is 32.1. The highest BCUT2D eigenvalue weighted by Crippen LogP contribution is 2.08. The molecule has 1 N–H and O–H groups in total. The van der Waals surface area contributed by atoms with Gasteiger partial charge in [-0.05, 0) is 35.7 Å². The van der Waals surface area contributed by atoms with E-state index in [1.165, 1.54) is 5.56 Å². The molecule has 4 nitrogen and oxygen atoms in total. The lowest BCUT2D eigenvalue weighted by atomic mass is 10.2. The van der Waals surface area contributed by atoms with Gasteiger partial charge in [0, 0.05) is 31.4 Å². The third kappa shape index (κ3) is 4.00. The number of aromatic nitrogens is 2. The average molecular weight is 263 g/mol. The fourth-order valence-electron chi connectivity index (χ4n) is 1.80. The third-order valence-corrected chi connectivity index (χ3v) is 3.40. The maximum atomic E-state index is 11.7. The van der Waals surface area contributed by atoms with Gasteiger partial charge in [-0.1, -0.05) is 0 Å². The van der Waals surface area contributed by atoms with E-state index in [-0.39, 0.29) is 11.9 Å². The predicted molar refractivity (Wildman–Crippen MR) is 72.5 cm³/mol. The number of nitrogens with one attached hydrogen (secondary N) is 1. The molecule has 18 heavy (non-hydrogen) atoms. The molecule has 0 radical (unpaired) electrons. The number of rotatable bonds is 6. The zero-order valence-electron chi connectivity index (χ0n) is 10.4. The van der Waals surface area contributed by atoms with E-state index in [2.05, 4.69) is 21.7 Å². The van der Waals surface area contributed by atoms with Gasteiger partial charge in [-0.15, -0.1) is 0 Å². The third-order valence-electron chi connectivity index (χ3n) is 2.67. The second kappa shape index (κ2) is 6.35. The maximum Gasteiger partial charge on any atom is 0.220 e. The molecule has 1 atom stereocenters. The van der Waals surface area contributed by atoms with E-state index < -0.39 is 0 Å². The maximum absolute atomic E-state index is 11.7. The molecule has 2 heterocycles. The zero-order valence-corrected chi connectivity index (χ0v) is 11.2. The monoisotopic (exact) mass is 263 g/mol. The molecular weight excluding hydrogens is 246 g/mol. The van der Waals surface area contributed by atoms with Crippen molar-refractivity contribution in [1.82, 2.24) is 14.9 Å². The highest BCUT2D eigenvalue weighted by Gasteiger charge is 2.08. The van der Waals surface area contributed by atoms with Crippen LogP contribution in [-0.2, 0) is 17.8 Å². The Kier molecular flexibility index (Phi) is 4.52. The van der Waals surface area contributed by atoms with Crippen LogP contribution in [0.3, 0.4) is 0 Å². The SMILES string of the molecule is C[C@@H](Cn1ccnc1)NC(=O)CCc1ccsc1. The first-order valence-electron chi connectivity index (χ1n) is 6.00. The second-order valence-electron chi connectivity index (χ2n) is 4.36. The van der Waals surface area contributed by atoms with Crippen LogP contribution >= 0.6 is 11.3 Å². The van der Waals surface area contributed by atoms with Crippen molar-refractivity contribution in [3.63, 3.8) is 0 Å². The largest absolute Gasteiger partial charge is 0.352 e. The van der Waals surface area contributed by atoms with E-state index in [1.54, 1.807) is 23.9 Å². The lowest BCUT2D eigenvalue weighted by molar-refractivity contribution is -0.121. The van der Waals surface area contributed by atoms with Crippen molar-refractivity contribution in [3.8, 4) is 0 Å². The highest BCUT2D eigenvalue weighted by molar-refractivity contribution is 7.07. The molecule has 0 bridgehead atoms. The molecule has 2 aromatic heterocycles. The molecule has 0 saturated carbocycles. The number of thiophene rings is 1. The van der Waals surface area contributed by atoms with Gasteiger partial charge in [-0.3, -0.25) is 4.79 Å². The van der Waals surface area contributed by atoms with Gasteiger partial charge in [0.15, 0.2) is 0 Å². The van der Waals surface area contributed by atoms with E-state index in [1.807, 2.05) is 23.1 Å². The Morgan fingerprint density at radius 2 is 2.50 bits per heavy atom. The summed E-state index contributed by atoms with van der Waals surface area (Å²) in [5.41, 5.74) is 1.23.